The first kappa shape index (κ1) is 16.8. The van der Waals surface area contributed by atoms with Gasteiger partial charge in [0.15, 0.2) is 6.10 Å². The Morgan fingerprint density at radius 2 is 1.50 bits per heavy atom. The van der Waals surface area contributed by atoms with E-state index in [2.05, 4.69) is 4.18 Å². The van der Waals surface area contributed by atoms with Gasteiger partial charge in [-0.1, -0.05) is 30.3 Å². The van der Waals surface area contributed by atoms with Gasteiger partial charge >= 0.3 is 21.8 Å². The van der Waals surface area contributed by atoms with Gasteiger partial charge in [0, 0.05) is 6.42 Å². The second-order valence-electron chi connectivity index (χ2n) is 3.72. The molecule has 0 amide bonds. The Balaban J connectivity index is 2.99. The first-order valence-electron chi connectivity index (χ1n) is 5.03. The minimum Gasteiger partial charge on any atom is -0.250 e. The summed E-state index contributed by atoms with van der Waals surface area (Å²) >= 11 is 0. The molecule has 10 heteroatoms. The molecule has 0 aliphatic carbocycles. The van der Waals surface area contributed by atoms with Gasteiger partial charge in [-0.3, -0.25) is 0 Å². The summed E-state index contributed by atoms with van der Waals surface area (Å²) in [7, 11) is -6.32. The Labute approximate surface area is 110 Å². The van der Waals surface area contributed by atoms with Gasteiger partial charge in [0.1, 0.15) is 0 Å². The first-order chi connectivity index (χ1) is 8.93. The lowest BCUT2D eigenvalue weighted by molar-refractivity contribution is -0.196. The van der Waals surface area contributed by atoms with E-state index in [4.69, 9.17) is 0 Å². The quantitative estimate of drug-likeness (QED) is 0.486. The highest BCUT2D eigenvalue weighted by molar-refractivity contribution is 7.87. The largest absolute Gasteiger partial charge is 0.523 e. The van der Waals surface area contributed by atoms with Gasteiger partial charge in [-0.2, -0.15) is 34.8 Å². The Hall–Kier alpha value is -1.29. The summed E-state index contributed by atoms with van der Waals surface area (Å²) in [6.45, 7) is 0. The van der Waals surface area contributed by atoms with Crippen LogP contribution in [0.4, 0.5) is 26.3 Å². The monoisotopic (exact) mass is 322 g/mol. The number of hydrogen-bond acceptors (Lipinski definition) is 3. The molecule has 0 heterocycles. The lowest BCUT2D eigenvalue weighted by Gasteiger charge is -2.21. The molecule has 1 atom stereocenters. The van der Waals surface area contributed by atoms with E-state index in [0.717, 1.165) is 0 Å². The third kappa shape index (κ3) is 4.37. The molecule has 0 N–H and O–H groups in total. The van der Waals surface area contributed by atoms with Crippen molar-refractivity contribution < 1.29 is 38.9 Å². The van der Waals surface area contributed by atoms with Gasteiger partial charge in [0.2, 0.25) is 0 Å². The Kier molecular flexibility index (Phi) is 4.70. The van der Waals surface area contributed by atoms with E-state index in [1.54, 1.807) is 0 Å². The van der Waals surface area contributed by atoms with E-state index in [9.17, 15) is 34.8 Å². The highest BCUT2D eigenvalue weighted by atomic mass is 32.2. The maximum absolute atomic E-state index is 12.6. The van der Waals surface area contributed by atoms with Crippen molar-refractivity contribution in [1.82, 2.24) is 0 Å². The number of halogens is 6. The molecule has 20 heavy (non-hydrogen) atoms. The van der Waals surface area contributed by atoms with E-state index in [0.29, 0.717) is 0 Å². The topological polar surface area (TPSA) is 43.4 Å². The SMILES string of the molecule is O=S(=O)(OC(Cc1ccccc1)C(F)(F)F)C(F)(F)F. The van der Waals surface area contributed by atoms with Crippen LogP contribution in [0.5, 0.6) is 0 Å². The molecule has 114 valence electrons. The van der Waals surface area contributed by atoms with Crippen LogP contribution in [0.3, 0.4) is 0 Å². The molecule has 0 aliphatic heterocycles. The summed E-state index contributed by atoms with van der Waals surface area (Å²) in [6.07, 6.45) is -9.40. The zero-order chi connectivity index (χ0) is 15.6. The Morgan fingerprint density at radius 1 is 1.00 bits per heavy atom. The molecule has 1 aromatic carbocycles. The van der Waals surface area contributed by atoms with Crippen LogP contribution in [0, 0.1) is 0 Å². The molecule has 0 spiro atoms. The average Bonchev–Trinajstić information content (AvgIpc) is 2.26. The van der Waals surface area contributed by atoms with Gasteiger partial charge < -0.3 is 0 Å². The van der Waals surface area contributed by atoms with Crippen LogP contribution in [-0.4, -0.2) is 26.2 Å². The average molecular weight is 322 g/mol. The molecule has 0 saturated carbocycles. The Morgan fingerprint density at radius 3 is 1.90 bits per heavy atom. The van der Waals surface area contributed by atoms with Crippen molar-refractivity contribution >= 4 is 10.1 Å². The normalized spacial score (nSPS) is 15.1. The minimum absolute atomic E-state index is 0.00722. The predicted octanol–water partition coefficient (Wildman–Crippen LogP) is 3.03. The molecule has 0 bridgehead atoms. The predicted molar refractivity (Wildman–Crippen MR) is 56.0 cm³/mol. The van der Waals surface area contributed by atoms with Gasteiger partial charge in [0.25, 0.3) is 0 Å². The summed E-state index contributed by atoms with van der Waals surface area (Å²) in [6, 6.07) is 6.63. The summed E-state index contributed by atoms with van der Waals surface area (Å²) < 4.78 is 98.4. The number of hydrogen-bond donors (Lipinski definition) is 0. The molecule has 1 rings (SSSR count). The van der Waals surface area contributed by atoms with Crippen LogP contribution in [0.2, 0.25) is 0 Å². The van der Waals surface area contributed by atoms with E-state index in [1.807, 2.05) is 0 Å². The molecule has 1 aromatic rings. The fraction of sp³-hybridized carbons (Fsp3) is 0.400. The summed E-state index contributed by atoms with van der Waals surface area (Å²) in [5.74, 6) is 0. The van der Waals surface area contributed by atoms with Crippen molar-refractivity contribution in [2.45, 2.75) is 24.2 Å². The van der Waals surface area contributed by atoms with E-state index in [-0.39, 0.29) is 5.56 Å². The second kappa shape index (κ2) is 5.60. The molecule has 0 radical (unpaired) electrons. The summed E-state index contributed by atoms with van der Waals surface area (Å²) in [5, 5.41) is 0. The maximum Gasteiger partial charge on any atom is 0.523 e. The molecule has 3 nitrogen and oxygen atoms in total. The van der Waals surface area contributed by atoms with Crippen molar-refractivity contribution in [3.05, 3.63) is 35.9 Å². The molecule has 0 aromatic heterocycles. The summed E-state index contributed by atoms with van der Waals surface area (Å²) in [5.41, 5.74) is -5.92. The van der Waals surface area contributed by atoms with E-state index in [1.165, 1.54) is 30.3 Å². The highest BCUT2D eigenvalue weighted by Gasteiger charge is 2.53. The number of benzene rings is 1. The summed E-state index contributed by atoms with van der Waals surface area (Å²) in [4.78, 5) is 0. The minimum atomic E-state index is -6.32. The van der Waals surface area contributed by atoms with Gasteiger partial charge in [0.05, 0.1) is 0 Å². The van der Waals surface area contributed by atoms with Gasteiger partial charge in [-0.15, -0.1) is 0 Å². The lowest BCUT2D eigenvalue weighted by atomic mass is 10.1. The van der Waals surface area contributed by atoms with Crippen LogP contribution in [0.15, 0.2) is 30.3 Å². The second-order valence-corrected chi connectivity index (χ2v) is 5.28. The van der Waals surface area contributed by atoms with Crippen LogP contribution in [-0.2, 0) is 20.7 Å². The van der Waals surface area contributed by atoms with Gasteiger partial charge in [-0.25, -0.2) is 4.18 Å². The van der Waals surface area contributed by atoms with Crippen LogP contribution in [0.1, 0.15) is 5.56 Å². The van der Waals surface area contributed by atoms with Crippen molar-refractivity contribution in [2.75, 3.05) is 0 Å². The van der Waals surface area contributed by atoms with Crippen LogP contribution < -0.4 is 0 Å². The maximum atomic E-state index is 12.6. The third-order valence-corrected chi connectivity index (χ3v) is 3.21. The zero-order valence-electron chi connectivity index (χ0n) is 9.57. The Bertz CT molecular complexity index is 534. The fourth-order valence-corrected chi connectivity index (χ4v) is 1.83. The number of alkyl halides is 6. The third-order valence-electron chi connectivity index (χ3n) is 2.16. The first-order valence-corrected chi connectivity index (χ1v) is 6.44. The molecular formula is C10H8F6O3S. The van der Waals surface area contributed by atoms with Crippen LogP contribution >= 0.6 is 0 Å². The van der Waals surface area contributed by atoms with Crippen LogP contribution in [0.25, 0.3) is 0 Å². The van der Waals surface area contributed by atoms with Crippen molar-refractivity contribution in [3.63, 3.8) is 0 Å². The van der Waals surface area contributed by atoms with Crippen molar-refractivity contribution in [1.29, 1.82) is 0 Å². The standard InChI is InChI=1S/C10H8F6O3S/c11-9(12,13)8(6-7-4-2-1-3-5-7)19-20(17,18)10(14,15)16/h1-5,8H,6H2. The van der Waals surface area contributed by atoms with Gasteiger partial charge in [-0.05, 0) is 5.56 Å². The molecular weight excluding hydrogens is 314 g/mol. The smallest absolute Gasteiger partial charge is 0.250 e. The van der Waals surface area contributed by atoms with Crippen molar-refractivity contribution in [2.24, 2.45) is 0 Å². The molecule has 0 fully saturated rings. The lowest BCUT2D eigenvalue weighted by Crippen LogP contribution is -2.39. The number of rotatable bonds is 4. The van der Waals surface area contributed by atoms with Crippen molar-refractivity contribution in [3.8, 4) is 0 Å². The molecule has 0 saturated heterocycles. The van der Waals surface area contributed by atoms with E-state index >= 15 is 0 Å². The fourth-order valence-electron chi connectivity index (χ4n) is 1.24. The molecule has 0 aliphatic rings. The highest BCUT2D eigenvalue weighted by Crippen LogP contribution is 2.32. The zero-order valence-corrected chi connectivity index (χ0v) is 10.4. The molecule has 1 unspecified atom stereocenters. The van der Waals surface area contributed by atoms with E-state index < -0.39 is 34.3 Å².